The first-order chi connectivity index (χ1) is 9.69. The monoisotopic (exact) mass is 312 g/mol. The molecular formula is C17H32O3Si. The lowest BCUT2D eigenvalue weighted by atomic mass is 10.1. The Balaban J connectivity index is 2.47. The topological polar surface area (TPSA) is 38.7 Å². The standard InChI is InChI=1S/C17H32O3Si/c1-7-15(13-19-21(5,6)17(2,3)4)20-16-10-8-14(12-18)9-11-16/h8-10,15-16,18H,7,11-13H2,1-6H3. The van der Waals surface area contributed by atoms with Crippen molar-refractivity contribution in [3.8, 4) is 0 Å². The van der Waals surface area contributed by atoms with Gasteiger partial charge in [-0.05, 0) is 36.5 Å². The second-order valence-corrected chi connectivity index (χ2v) is 12.1. The van der Waals surface area contributed by atoms with Crippen LogP contribution < -0.4 is 0 Å². The van der Waals surface area contributed by atoms with Gasteiger partial charge in [0.25, 0.3) is 0 Å². The largest absolute Gasteiger partial charge is 0.414 e. The molecule has 0 amide bonds. The molecule has 1 aliphatic carbocycles. The Morgan fingerprint density at radius 1 is 1.38 bits per heavy atom. The summed E-state index contributed by atoms with van der Waals surface area (Å²) in [5.74, 6) is 0. The van der Waals surface area contributed by atoms with Crippen molar-refractivity contribution in [2.24, 2.45) is 0 Å². The van der Waals surface area contributed by atoms with Gasteiger partial charge in [-0.2, -0.15) is 0 Å². The Hall–Kier alpha value is -0.423. The van der Waals surface area contributed by atoms with Gasteiger partial charge in [-0.15, -0.1) is 0 Å². The Labute approximate surface area is 131 Å². The van der Waals surface area contributed by atoms with E-state index in [0.717, 1.165) is 18.4 Å². The van der Waals surface area contributed by atoms with Crippen molar-refractivity contribution < 1.29 is 14.3 Å². The van der Waals surface area contributed by atoms with Crippen molar-refractivity contribution >= 4 is 8.32 Å². The van der Waals surface area contributed by atoms with Crippen LogP contribution in [0.4, 0.5) is 0 Å². The molecule has 0 aromatic rings. The van der Waals surface area contributed by atoms with Crippen LogP contribution in [0.1, 0.15) is 40.5 Å². The van der Waals surface area contributed by atoms with Crippen LogP contribution in [0.5, 0.6) is 0 Å². The Morgan fingerprint density at radius 2 is 2.05 bits per heavy atom. The Bertz CT molecular complexity index is 380. The SMILES string of the molecule is CCC(CO[Si](C)(C)C(C)(C)C)OC1C=CC(CO)=CC1. The van der Waals surface area contributed by atoms with Crippen molar-refractivity contribution in [1.82, 2.24) is 0 Å². The molecule has 2 unspecified atom stereocenters. The fourth-order valence-corrected chi connectivity index (χ4v) is 2.92. The molecule has 0 aliphatic heterocycles. The molecular weight excluding hydrogens is 280 g/mol. The van der Waals surface area contributed by atoms with E-state index in [-0.39, 0.29) is 23.9 Å². The molecule has 0 bridgehead atoms. The summed E-state index contributed by atoms with van der Waals surface area (Å²) in [5.41, 5.74) is 0.973. The van der Waals surface area contributed by atoms with Gasteiger partial charge in [0, 0.05) is 0 Å². The highest BCUT2D eigenvalue weighted by Gasteiger charge is 2.37. The normalized spacial score (nSPS) is 21.3. The molecule has 4 heteroatoms. The van der Waals surface area contributed by atoms with E-state index >= 15 is 0 Å². The van der Waals surface area contributed by atoms with Crippen molar-refractivity contribution in [3.63, 3.8) is 0 Å². The summed E-state index contributed by atoms with van der Waals surface area (Å²) in [7, 11) is -1.71. The predicted molar refractivity (Wildman–Crippen MR) is 91.0 cm³/mol. The van der Waals surface area contributed by atoms with E-state index in [2.05, 4.69) is 40.8 Å². The molecule has 1 N–H and O–H groups in total. The van der Waals surface area contributed by atoms with Crippen molar-refractivity contribution in [3.05, 3.63) is 23.8 Å². The average Bonchev–Trinajstić information content (AvgIpc) is 2.43. The zero-order chi connectivity index (χ0) is 16.1. The smallest absolute Gasteiger partial charge is 0.192 e. The van der Waals surface area contributed by atoms with E-state index in [0.29, 0.717) is 6.61 Å². The zero-order valence-corrected chi connectivity index (χ0v) is 15.5. The number of aliphatic hydroxyl groups excluding tert-OH is 1. The zero-order valence-electron chi connectivity index (χ0n) is 14.5. The molecule has 2 atom stereocenters. The Morgan fingerprint density at radius 3 is 2.48 bits per heavy atom. The molecule has 3 nitrogen and oxygen atoms in total. The Kier molecular flexibility index (Phi) is 6.85. The highest BCUT2D eigenvalue weighted by atomic mass is 28.4. The maximum atomic E-state index is 9.08. The summed E-state index contributed by atoms with van der Waals surface area (Å²) in [5, 5.41) is 9.31. The number of ether oxygens (including phenoxy) is 1. The van der Waals surface area contributed by atoms with E-state index in [1.54, 1.807) is 0 Å². The van der Waals surface area contributed by atoms with Gasteiger partial charge in [-0.3, -0.25) is 0 Å². The summed E-state index contributed by atoms with van der Waals surface area (Å²) >= 11 is 0. The van der Waals surface area contributed by atoms with Crippen LogP contribution >= 0.6 is 0 Å². The van der Waals surface area contributed by atoms with Gasteiger partial charge in [-0.25, -0.2) is 0 Å². The molecule has 0 fully saturated rings. The highest BCUT2D eigenvalue weighted by molar-refractivity contribution is 6.74. The molecule has 0 saturated carbocycles. The quantitative estimate of drug-likeness (QED) is 0.721. The van der Waals surface area contributed by atoms with Crippen molar-refractivity contribution in [2.45, 2.75) is 70.9 Å². The number of hydrogen-bond donors (Lipinski definition) is 1. The minimum absolute atomic E-state index is 0.105. The third-order valence-electron chi connectivity index (χ3n) is 4.58. The second kappa shape index (κ2) is 7.72. The summed E-state index contributed by atoms with van der Waals surface area (Å²) in [6.45, 7) is 14.2. The third-order valence-corrected chi connectivity index (χ3v) is 9.08. The minimum atomic E-state index is -1.71. The summed E-state index contributed by atoms with van der Waals surface area (Å²) < 4.78 is 12.4. The van der Waals surface area contributed by atoms with Gasteiger partial charge >= 0.3 is 0 Å². The van der Waals surface area contributed by atoms with Crippen LogP contribution in [-0.4, -0.2) is 38.8 Å². The summed E-state index contributed by atoms with van der Waals surface area (Å²) in [6, 6.07) is 0. The van der Waals surface area contributed by atoms with Gasteiger partial charge in [-0.1, -0.05) is 45.9 Å². The molecule has 1 aliphatic rings. The van der Waals surface area contributed by atoms with Crippen LogP contribution in [0.15, 0.2) is 23.8 Å². The number of aliphatic hydroxyl groups is 1. The lowest BCUT2D eigenvalue weighted by Gasteiger charge is -2.37. The first kappa shape index (κ1) is 18.6. The van der Waals surface area contributed by atoms with Crippen LogP contribution in [0.25, 0.3) is 0 Å². The van der Waals surface area contributed by atoms with E-state index in [9.17, 15) is 0 Å². The first-order valence-electron chi connectivity index (χ1n) is 7.97. The number of rotatable bonds is 7. The molecule has 0 aromatic heterocycles. The molecule has 0 heterocycles. The molecule has 122 valence electrons. The molecule has 21 heavy (non-hydrogen) atoms. The van der Waals surface area contributed by atoms with Crippen molar-refractivity contribution in [1.29, 1.82) is 0 Å². The van der Waals surface area contributed by atoms with Gasteiger partial charge in [0.2, 0.25) is 0 Å². The maximum absolute atomic E-state index is 9.08. The average molecular weight is 313 g/mol. The second-order valence-electron chi connectivity index (χ2n) is 7.31. The van der Waals surface area contributed by atoms with E-state index in [1.165, 1.54) is 0 Å². The third kappa shape index (κ3) is 5.70. The van der Waals surface area contributed by atoms with E-state index in [4.69, 9.17) is 14.3 Å². The molecule has 0 saturated heterocycles. The lowest BCUT2D eigenvalue weighted by Crippen LogP contribution is -2.43. The fourth-order valence-electron chi connectivity index (χ4n) is 1.88. The minimum Gasteiger partial charge on any atom is -0.414 e. The highest BCUT2D eigenvalue weighted by Crippen LogP contribution is 2.36. The van der Waals surface area contributed by atoms with Gasteiger partial charge in [0.05, 0.1) is 25.4 Å². The molecule has 0 spiro atoms. The van der Waals surface area contributed by atoms with Gasteiger partial charge in [0.15, 0.2) is 8.32 Å². The van der Waals surface area contributed by atoms with Crippen LogP contribution in [0, 0.1) is 0 Å². The molecule has 0 radical (unpaired) electrons. The van der Waals surface area contributed by atoms with E-state index in [1.807, 2.05) is 18.2 Å². The van der Waals surface area contributed by atoms with E-state index < -0.39 is 8.32 Å². The van der Waals surface area contributed by atoms with Crippen molar-refractivity contribution in [2.75, 3.05) is 13.2 Å². The number of hydrogen-bond acceptors (Lipinski definition) is 3. The molecule has 0 aromatic carbocycles. The predicted octanol–water partition coefficient (Wildman–Crippen LogP) is 4.05. The van der Waals surface area contributed by atoms with Crippen LogP contribution in [0.3, 0.4) is 0 Å². The summed E-state index contributed by atoms with van der Waals surface area (Å²) in [6.07, 6.45) is 8.08. The van der Waals surface area contributed by atoms with Gasteiger partial charge < -0.3 is 14.3 Å². The first-order valence-corrected chi connectivity index (χ1v) is 10.9. The van der Waals surface area contributed by atoms with Crippen LogP contribution in [0.2, 0.25) is 18.1 Å². The van der Waals surface area contributed by atoms with Gasteiger partial charge in [0.1, 0.15) is 0 Å². The fraction of sp³-hybridized carbons (Fsp3) is 0.765. The maximum Gasteiger partial charge on any atom is 0.192 e. The summed E-state index contributed by atoms with van der Waals surface area (Å²) in [4.78, 5) is 0. The van der Waals surface area contributed by atoms with Crippen LogP contribution in [-0.2, 0) is 9.16 Å². The lowest BCUT2D eigenvalue weighted by molar-refractivity contribution is -0.0164. The molecule has 1 rings (SSSR count).